The zero-order chi connectivity index (χ0) is 19.1. The van der Waals surface area contributed by atoms with Crippen molar-refractivity contribution in [3.8, 4) is 0 Å². The molecule has 0 bridgehead atoms. The lowest BCUT2D eigenvalue weighted by atomic mass is 10.0. The van der Waals surface area contributed by atoms with Crippen LogP contribution in [0.4, 0.5) is 0 Å². The molecule has 2 heterocycles. The highest BCUT2D eigenvalue weighted by Crippen LogP contribution is 2.17. The second-order valence-corrected chi connectivity index (χ2v) is 7.00. The molecule has 0 unspecified atom stereocenters. The number of nitrogens with one attached hydrogen (secondary N) is 1. The molecule has 9 nitrogen and oxygen atoms in total. The van der Waals surface area contributed by atoms with Gasteiger partial charge < -0.3 is 35.4 Å². The third kappa shape index (κ3) is 5.62. The van der Waals surface area contributed by atoms with Gasteiger partial charge >= 0.3 is 0 Å². The summed E-state index contributed by atoms with van der Waals surface area (Å²) in [5, 5.41) is 42.4. The number of amides is 2. The van der Waals surface area contributed by atoms with E-state index in [4.69, 9.17) is 9.84 Å². The molecular formula is C17H30N2O7. The Bertz CT molecular complexity index is 476. The van der Waals surface area contributed by atoms with Gasteiger partial charge in [-0.15, -0.1) is 0 Å². The van der Waals surface area contributed by atoms with E-state index in [1.165, 1.54) is 4.90 Å². The summed E-state index contributed by atoms with van der Waals surface area (Å²) < 4.78 is 5.48. The minimum atomic E-state index is -1.45. The SMILES string of the molecule is O=C1CC[C@@H](C(=O)N2CCCCCCO[C@H]([C@H](O)CO)[C@H](O)[C@@H](O)C2)N1. The molecule has 0 saturated carbocycles. The van der Waals surface area contributed by atoms with E-state index in [1.807, 2.05) is 0 Å². The topological polar surface area (TPSA) is 140 Å². The van der Waals surface area contributed by atoms with Crippen LogP contribution in [0.25, 0.3) is 0 Å². The normalized spacial score (nSPS) is 33.1. The number of ether oxygens (including phenoxy) is 1. The van der Waals surface area contributed by atoms with E-state index in [2.05, 4.69) is 5.32 Å². The fourth-order valence-corrected chi connectivity index (χ4v) is 3.38. The van der Waals surface area contributed by atoms with Gasteiger partial charge in [0.25, 0.3) is 0 Å². The van der Waals surface area contributed by atoms with Gasteiger partial charge in [-0.05, 0) is 19.3 Å². The second-order valence-electron chi connectivity index (χ2n) is 7.00. The molecule has 2 fully saturated rings. The molecule has 0 aromatic heterocycles. The molecule has 2 aliphatic rings. The first-order valence-corrected chi connectivity index (χ1v) is 9.29. The molecule has 26 heavy (non-hydrogen) atoms. The average Bonchev–Trinajstić information content (AvgIpc) is 3.06. The van der Waals surface area contributed by atoms with Crippen molar-refractivity contribution >= 4 is 11.8 Å². The molecule has 2 saturated heterocycles. The Kier molecular flexibility index (Phi) is 8.23. The second kappa shape index (κ2) is 10.2. The van der Waals surface area contributed by atoms with Crippen molar-refractivity contribution < 1.29 is 34.8 Å². The summed E-state index contributed by atoms with van der Waals surface area (Å²) in [6.45, 7) is -0.0130. The van der Waals surface area contributed by atoms with Gasteiger partial charge in [0, 0.05) is 26.1 Å². The Labute approximate surface area is 152 Å². The van der Waals surface area contributed by atoms with Crippen LogP contribution in [-0.4, -0.2) is 93.9 Å². The number of hydrogen-bond acceptors (Lipinski definition) is 7. The first-order chi connectivity index (χ1) is 12.4. The molecule has 0 aliphatic carbocycles. The third-order valence-electron chi connectivity index (χ3n) is 4.94. The summed E-state index contributed by atoms with van der Waals surface area (Å²) in [5.74, 6) is -0.447. The first-order valence-electron chi connectivity index (χ1n) is 9.29. The molecule has 5 N–H and O–H groups in total. The number of rotatable bonds is 3. The summed E-state index contributed by atoms with van der Waals surface area (Å²) in [6.07, 6.45) is -1.36. The van der Waals surface area contributed by atoms with Crippen molar-refractivity contribution in [3.05, 3.63) is 0 Å². The molecule has 0 aromatic carbocycles. The molecule has 9 heteroatoms. The van der Waals surface area contributed by atoms with Gasteiger partial charge in [0.15, 0.2) is 0 Å². The van der Waals surface area contributed by atoms with Crippen LogP contribution in [0.3, 0.4) is 0 Å². The molecule has 2 aliphatic heterocycles. The highest BCUT2D eigenvalue weighted by Gasteiger charge is 2.36. The average molecular weight is 374 g/mol. The number of aliphatic hydroxyl groups is 4. The number of carbonyl (C=O) groups excluding carboxylic acids is 2. The highest BCUT2D eigenvalue weighted by atomic mass is 16.5. The molecule has 2 rings (SSSR count). The van der Waals surface area contributed by atoms with Gasteiger partial charge in [-0.2, -0.15) is 0 Å². The predicted octanol–water partition coefficient (Wildman–Crippen LogP) is -1.87. The molecular weight excluding hydrogens is 344 g/mol. The minimum Gasteiger partial charge on any atom is -0.394 e. The summed E-state index contributed by atoms with van der Waals surface area (Å²) in [6, 6.07) is -0.602. The zero-order valence-corrected chi connectivity index (χ0v) is 14.9. The van der Waals surface area contributed by atoms with Crippen LogP contribution in [0.2, 0.25) is 0 Å². The van der Waals surface area contributed by atoms with E-state index < -0.39 is 37.1 Å². The van der Waals surface area contributed by atoms with E-state index >= 15 is 0 Å². The maximum absolute atomic E-state index is 12.7. The molecule has 0 aromatic rings. The van der Waals surface area contributed by atoms with E-state index in [9.17, 15) is 24.9 Å². The Balaban J connectivity index is 2.08. The summed E-state index contributed by atoms with van der Waals surface area (Å²) in [7, 11) is 0. The van der Waals surface area contributed by atoms with Crippen LogP contribution >= 0.6 is 0 Å². The van der Waals surface area contributed by atoms with Gasteiger partial charge in [-0.25, -0.2) is 0 Å². The number of aliphatic hydroxyl groups excluding tert-OH is 4. The molecule has 150 valence electrons. The van der Waals surface area contributed by atoms with Crippen LogP contribution in [0.1, 0.15) is 38.5 Å². The predicted molar refractivity (Wildman–Crippen MR) is 91.1 cm³/mol. The van der Waals surface area contributed by atoms with Gasteiger partial charge in [0.2, 0.25) is 11.8 Å². The van der Waals surface area contributed by atoms with Crippen LogP contribution < -0.4 is 5.32 Å². The van der Waals surface area contributed by atoms with Crippen molar-refractivity contribution in [2.75, 3.05) is 26.3 Å². The largest absolute Gasteiger partial charge is 0.394 e. The number of nitrogens with zero attached hydrogens (tertiary/aromatic N) is 1. The van der Waals surface area contributed by atoms with E-state index in [0.29, 0.717) is 32.4 Å². The Morgan fingerprint density at radius 2 is 2.00 bits per heavy atom. The van der Waals surface area contributed by atoms with Gasteiger partial charge in [0.05, 0.1) is 6.61 Å². The van der Waals surface area contributed by atoms with Crippen molar-refractivity contribution in [1.82, 2.24) is 10.2 Å². The van der Waals surface area contributed by atoms with Crippen molar-refractivity contribution in [2.24, 2.45) is 0 Å². The lowest BCUT2D eigenvalue weighted by molar-refractivity contribution is -0.153. The van der Waals surface area contributed by atoms with E-state index in [-0.39, 0.29) is 18.4 Å². The van der Waals surface area contributed by atoms with E-state index in [0.717, 1.165) is 19.3 Å². The zero-order valence-electron chi connectivity index (χ0n) is 14.9. The quantitative estimate of drug-likeness (QED) is 0.390. The molecule has 0 spiro atoms. The van der Waals surface area contributed by atoms with Gasteiger partial charge in [0.1, 0.15) is 30.5 Å². The summed E-state index contributed by atoms with van der Waals surface area (Å²) >= 11 is 0. The summed E-state index contributed by atoms with van der Waals surface area (Å²) in [4.78, 5) is 25.5. The van der Waals surface area contributed by atoms with Crippen LogP contribution in [0, 0.1) is 0 Å². The highest BCUT2D eigenvalue weighted by molar-refractivity contribution is 5.90. The monoisotopic (exact) mass is 374 g/mol. The fraction of sp³-hybridized carbons (Fsp3) is 0.882. The third-order valence-corrected chi connectivity index (χ3v) is 4.94. The first kappa shape index (κ1) is 21.0. The Morgan fingerprint density at radius 3 is 2.65 bits per heavy atom. The lowest BCUT2D eigenvalue weighted by Gasteiger charge is -2.34. The lowest BCUT2D eigenvalue weighted by Crippen LogP contribution is -2.54. The molecule has 2 amide bonds. The summed E-state index contributed by atoms with van der Waals surface area (Å²) in [5.41, 5.74) is 0. The van der Waals surface area contributed by atoms with Crippen molar-refractivity contribution in [1.29, 1.82) is 0 Å². The van der Waals surface area contributed by atoms with E-state index in [1.54, 1.807) is 0 Å². The maximum Gasteiger partial charge on any atom is 0.245 e. The maximum atomic E-state index is 12.7. The number of hydrogen-bond donors (Lipinski definition) is 5. The van der Waals surface area contributed by atoms with Crippen LogP contribution in [-0.2, 0) is 14.3 Å². The smallest absolute Gasteiger partial charge is 0.245 e. The van der Waals surface area contributed by atoms with Crippen molar-refractivity contribution in [2.45, 2.75) is 69.0 Å². The van der Waals surface area contributed by atoms with Gasteiger partial charge in [-0.1, -0.05) is 12.8 Å². The Morgan fingerprint density at radius 1 is 1.27 bits per heavy atom. The molecule has 0 radical (unpaired) electrons. The van der Waals surface area contributed by atoms with Gasteiger partial charge in [-0.3, -0.25) is 9.59 Å². The minimum absolute atomic E-state index is 0.135. The Hall–Kier alpha value is -1.26. The number of β-amino-alcohol motifs (C(OH)–C–C–N with tert-alkyl or cyclic N) is 1. The van der Waals surface area contributed by atoms with Crippen LogP contribution in [0.5, 0.6) is 0 Å². The standard InChI is InChI=1S/C17H30N2O7/c20-10-13(22)16-15(24)12(21)9-19(7-3-1-2-4-8-26-16)17(25)11-5-6-14(23)18-11/h11-13,15-16,20-22,24H,1-10H2,(H,18,23)/t11-,12-,13+,15+,16+/m0/s1. The van der Waals surface area contributed by atoms with Crippen molar-refractivity contribution in [3.63, 3.8) is 0 Å². The number of carbonyl (C=O) groups is 2. The fourth-order valence-electron chi connectivity index (χ4n) is 3.38. The van der Waals surface area contributed by atoms with Crippen LogP contribution in [0.15, 0.2) is 0 Å². The molecule has 5 atom stereocenters.